The Kier molecular flexibility index (Phi) is 4.03. The Bertz CT molecular complexity index is 652. The van der Waals surface area contributed by atoms with E-state index < -0.39 is 0 Å². The summed E-state index contributed by atoms with van der Waals surface area (Å²) in [7, 11) is 0. The highest BCUT2D eigenvalue weighted by Gasteiger charge is 2.22. The molecule has 0 aromatic heterocycles. The monoisotopic (exact) mass is 284 g/mol. The van der Waals surface area contributed by atoms with Crippen molar-refractivity contribution in [1.82, 2.24) is 0 Å². The number of rotatable bonds is 3. The fourth-order valence-corrected chi connectivity index (χ4v) is 2.27. The number of hydrogen-bond acceptors (Lipinski definition) is 3. The van der Waals surface area contributed by atoms with Crippen LogP contribution in [0, 0.1) is 5.41 Å². The molecule has 0 atom stereocenters. The molecular formula is C18H20O3. The van der Waals surface area contributed by atoms with Crippen LogP contribution in [0.1, 0.15) is 37.6 Å². The second kappa shape index (κ2) is 5.60. The third-order valence-electron chi connectivity index (χ3n) is 3.21. The van der Waals surface area contributed by atoms with Crippen molar-refractivity contribution in [3.8, 4) is 22.6 Å². The first-order chi connectivity index (χ1) is 9.79. The molecule has 0 amide bonds. The Morgan fingerprint density at radius 2 is 1.62 bits per heavy atom. The average Bonchev–Trinajstić information content (AvgIpc) is 2.37. The molecule has 2 rings (SSSR count). The smallest absolute Gasteiger partial charge is 0.167 e. The lowest BCUT2D eigenvalue weighted by atomic mass is 9.86. The molecule has 2 aromatic carbocycles. The molecule has 0 radical (unpaired) electrons. The lowest BCUT2D eigenvalue weighted by molar-refractivity contribution is 0.0937. The van der Waals surface area contributed by atoms with Crippen molar-refractivity contribution in [3.05, 3.63) is 48.0 Å². The van der Waals surface area contributed by atoms with Crippen LogP contribution in [0.4, 0.5) is 0 Å². The van der Waals surface area contributed by atoms with E-state index in [0.717, 1.165) is 0 Å². The highest BCUT2D eigenvalue weighted by atomic mass is 16.3. The predicted molar refractivity (Wildman–Crippen MR) is 83.6 cm³/mol. The van der Waals surface area contributed by atoms with Gasteiger partial charge in [-0.3, -0.25) is 4.79 Å². The maximum absolute atomic E-state index is 12.3. The van der Waals surface area contributed by atoms with Crippen molar-refractivity contribution in [2.75, 3.05) is 0 Å². The van der Waals surface area contributed by atoms with Crippen molar-refractivity contribution in [2.45, 2.75) is 27.2 Å². The van der Waals surface area contributed by atoms with Crippen LogP contribution in [-0.2, 0) is 0 Å². The normalized spacial score (nSPS) is 11.4. The number of carbonyl (C=O) groups is 1. The Labute approximate surface area is 124 Å². The largest absolute Gasteiger partial charge is 0.507 e. The minimum absolute atomic E-state index is 0.0361. The summed E-state index contributed by atoms with van der Waals surface area (Å²) in [6.45, 7) is 5.92. The van der Waals surface area contributed by atoms with E-state index in [1.807, 2.05) is 39.0 Å². The summed E-state index contributed by atoms with van der Waals surface area (Å²) < 4.78 is 0. The van der Waals surface area contributed by atoms with Gasteiger partial charge < -0.3 is 10.2 Å². The fraction of sp³-hybridized carbons (Fsp3) is 0.278. The molecule has 0 unspecified atom stereocenters. The van der Waals surface area contributed by atoms with Crippen LogP contribution < -0.4 is 0 Å². The number of Topliss-reactive ketones (excluding diaryl/α,β-unsaturated/α-hetero) is 1. The van der Waals surface area contributed by atoms with Crippen LogP contribution in [0.2, 0.25) is 0 Å². The summed E-state index contributed by atoms with van der Waals surface area (Å²) in [4.78, 5) is 12.3. The number of hydrogen-bond donors (Lipinski definition) is 2. The van der Waals surface area contributed by atoms with Crippen molar-refractivity contribution in [1.29, 1.82) is 0 Å². The molecule has 2 N–H and O–H groups in total. The van der Waals surface area contributed by atoms with E-state index in [2.05, 4.69) is 0 Å². The maximum Gasteiger partial charge on any atom is 0.167 e. The average molecular weight is 284 g/mol. The maximum atomic E-state index is 12.3. The third-order valence-corrected chi connectivity index (χ3v) is 3.21. The summed E-state index contributed by atoms with van der Waals surface area (Å²) in [6, 6.07) is 12.0. The van der Waals surface area contributed by atoms with Gasteiger partial charge in [-0.05, 0) is 23.1 Å². The van der Waals surface area contributed by atoms with Gasteiger partial charge in [-0.1, -0.05) is 51.1 Å². The number of ketones is 1. The van der Waals surface area contributed by atoms with E-state index in [1.165, 1.54) is 12.1 Å². The molecule has 0 bridgehead atoms. The Balaban J connectivity index is 2.50. The molecule has 0 saturated heterocycles. The summed E-state index contributed by atoms with van der Waals surface area (Å²) in [6.07, 6.45) is 0.333. The van der Waals surface area contributed by atoms with Crippen LogP contribution >= 0.6 is 0 Å². The van der Waals surface area contributed by atoms with E-state index in [0.29, 0.717) is 17.5 Å². The van der Waals surface area contributed by atoms with Crippen molar-refractivity contribution in [3.63, 3.8) is 0 Å². The van der Waals surface area contributed by atoms with Gasteiger partial charge in [-0.15, -0.1) is 0 Å². The van der Waals surface area contributed by atoms with Crippen LogP contribution in [0.25, 0.3) is 11.1 Å². The highest BCUT2D eigenvalue weighted by molar-refractivity contribution is 6.01. The standard InChI is InChI=1S/C18H20O3/c1-18(2,3)11-15(20)13-9-10-14(19)16(17(13)21)12-7-5-4-6-8-12/h4-10,19,21H,11H2,1-3H3. The van der Waals surface area contributed by atoms with Crippen LogP contribution in [0.3, 0.4) is 0 Å². The summed E-state index contributed by atoms with van der Waals surface area (Å²) in [5.41, 5.74) is 1.07. The van der Waals surface area contributed by atoms with E-state index >= 15 is 0 Å². The van der Waals surface area contributed by atoms with Gasteiger partial charge in [0.1, 0.15) is 11.5 Å². The molecule has 0 heterocycles. The van der Waals surface area contributed by atoms with Crippen molar-refractivity contribution < 1.29 is 15.0 Å². The topological polar surface area (TPSA) is 57.5 Å². The fourth-order valence-electron chi connectivity index (χ4n) is 2.27. The number of benzene rings is 2. The first-order valence-electron chi connectivity index (χ1n) is 6.93. The zero-order valence-corrected chi connectivity index (χ0v) is 12.6. The first-order valence-corrected chi connectivity index (χ1v) is 6.93. The number of phenolic OH excluding ortho intramolecular Hbond substituents is 2. The molecule has 2 aromatic rings. The van der Waals surface area contributed by atoms with Crippen LogP contribution in [-0.4, -0.2) is 16.0 Å². The molecule has 0 spiro atoms. The van der Waals surface area contributed by atoms with Crippen molar-refractivity contribution in [2.24, 2.45) is 5.41 Å². The molecule has 3 heteroatoms. The Morgan fingerprint density at radius 3 is 2.19 bits per heavy atom. The third kappa shape index (κ3) is 3.43. The molecule has 0 aliphatic rings. The summed E-state index contributed by atoms with van der Waals surface area (Å²) in [5.74, 6) is -0.321. The van der Waals surface area contributed by atoms with Gasteiger partial charge in [0.15, 0.2) is 5.78 Å². The van der Waals surface area contributed by atoms with E-state index in [1.54, 1.807) is 12.1 Å². The van der Waals surface area contributed by atoms with Crippen LogP contribution in [0.15, 0.2) is 42.5 Å². The molecule has 0 fully saturated rings. The van der Waals surface area contributed by atoms with Gasteiger partial charge in [-0.25, -0.2) is 0 Å². The lowest BCUT2D eigenvalue weighted by Crippen LogP contribution is -2.13. The molecular weight excluding hydrogens is 264 g/mol. The number of phenols is 2. The molecule has 0 aliphatic carbocycles. The minimum Gasteiger partial charge on any atom is -0.507 e. The van der Waals surface area contributed by atoms with Crippen molar-refractivity contribution >= 4 is 5.78 Å². The van der Waals surface area contributed by atoms with E-state index in [-0.39, 0.29) is 28.3 Å². The second-order valence-corrected chi connectivity index (χ2v) is 6.38. The summed E-state index contributed by atoms with van der Waals surface area (Å²) >= 11 is 0. The molecule has 0 aliphatic heterocycles. The number of carbonyl (C=O) groups excluding carboxylic acids is 1. The van der Waals surface area contributed by atoms with E-state index in [9.17, 15) is 15.0 Å². The second-order valence-electron chi connectivity index (χ2n) is 6.38. The number of aromatic hydroxyl groups is 2. The quantitative estimate of drug-likeness (QED) is 0.822. The van der Waals surface area contributed by atoms with E-state index in [4.69, 9.17) is 0 Å². The molecule has 3 nitrogen and oxygen atoms in total. The molecule has 21 heavy (non-hydrogen) atoms. The van der Waals surface area contributed by atoms with Gasteiger partial charge in [0.2, 0.25) is 0 Å². The highest BCUT2D eigenvalue weighted by Crippen LogP contribution is 2.40. The molecule has 110 valence electrons. The minimum atomic E-state index is -0.158. The Morgan fingerprint density at radius 1 is 1.00 bits per heavy atom. The predicted octanol–water partition coefficient (Wildman–Crippen LogP) is 4.38. The summed E-state index contributed by atoms with van der Waals surface area (Å²) in [5, 5.41) is 20.4. The zero-order chi connectivity index (χ0) is 15.6. The SMILES string of the molecule is CC(C)(C)CC(=O)c1ccc(O)c(-c2ccccc2)c1O. The van der Waals surface area contributed by atoms with Gasteiger partial charge in [0.05, 0.1) is 11.1 Å². The zero-order valence-electron chi connectivity index (χ0n) is 12.6. The van der Waals surface area contributed by atoms with Gasteiger partial charge in [-0.2, -0.15) is 0 Å². The lowest BCUT2D eigenvalue weighted by Gasteiger charge is -2.18. The van der Waals surface area contributed by atoms with Gasteiger partial charge in [0.25, 0.3) is 0 Å². The van der Waals surface area contributed by atoms with Crippen LogP contribution in [0.5, 0.6) is 11.5 Å². The first kappa shape index (κ1) is 15.1. The van der Waals surface area contributed by atoms with Gasteiger partial charge in [0, 0.05) is 6.42 Å². The molecule has 0 saturated carbocycles. The Hall–Kier alpha value is -2.29. The van der Waals surface area contributed by atoms with Gasteiger partial charge >= 0.3 is 0 Å².